The Hall–Kier alpha value is -1.28. The van der Waals surface area contributed by atoms with E-state index in [0.29, 0.717) is 5.69 Å². The maximum absolute atomic E-state index is 8.49. The minimum atomic E-state index is 0.707. The minimum Gasteiger partial charge on any atom is -0.291 e. The molecule has 0 bridgehead atoms. The second kappa shape index (κ2) is 3.78. The fraction of sp³-hybridized carbons (Fsp3) is 0.111. The predicted octanol–water partition coefficient (Wildman–Crippen LogP) is 2.52. The first-order chi connectivity index (χ1) is 5.36. The van der Waals surface area contributed by atoms with E-state index >= 15 is 0 Å². The van der Waals surface area contributed by atoms with Crippen molar-refractivity contribution in [1.82, 2.24) is 0 Å². The summed E-state index contributed by atoms with van der Waals surface area (Å²) in [5, 5.41) is 8.49. The third-order valence-electron chi connectivity index (χ3n) is 1.40. The fourth-order valence-corrected chi connectivity index (χ4v) is 0.861. The van der Waals surface area contributed by atoms with Crippen molar-refractivity contribution in [3.8, 4) is 0 Å². The lowest BCUT2D eigenvalue weighted by molar-refractivity contribution is 0.389. The Bertz CT molecular complexity index is 238. The number of allylic oxidation sites excluding steroid dienone is 1. The first-order valence-corrected chi connectivity index (χ1v) is 3.49. The van der Waals surface area contributed by atoms with Gasteiger partial charge in [0.05, 0.1) is 5.69 Å². The molecular formula is C9H11NO. The Labute approximate surface area is 66.1 Å². The monoisotopic (exact) mass is 149 g/mol. The lowest BCUT2D eigenvalue weighted by Gasteiger charge is -1.97. The standard InChI is InChI=1S/C9H11NO/c1-2-3-8-4-6-9(10-11)7-5-8/h2-7,10-11H,1H3. The van der Waals surface area contributed by atoms with Gasteiger partial charge in [0.15, 0.2) is 0 Å². The molecule has 0 spiro atoms. The SMILES string of the molecule is CC=Cc1ccc(NO)cc1. The molecule has 1 aromatic rings. The summed E-state index contributed by atoms with van der Waals surface area (Å²) in [6, 6.07) is 7.49. The zero-order valence-electron chi connectivity index (χ0n) is 6.41. The smallest absolute Gasteiger partial charge is 0.0602 e. The third-order valence-corrected chi connectivity index (χ3v) is 1.40. The van der Waals surface area contributed by atoms with E-state index < -0.39 is 0 Å². The van der Waals surface area contributed by atoms with Crippen LogP contribution in [0.25, 0.3) is 6.08 Å². The van der Waals surface area contributed by atoms with Crippen LogP contribution in [0.2, 0.25) is 0 Å². The van der Waals surface area contributed by atoms with Crippen LogP contribution >= 0.6 is 0 Å². The van der Waals surface area contributed by atoms with E-state index in [1.54, 1.807) is 0 Å². The molecule has 11 heavy (non-hydrogen) atoms. The van der Waals surface area contributed by atoms with Gasteiger partial charge in [-0.15, -0.1) is 0 Å². The van der Waals surface area contributed by atoms with Crippen LogP contribution < -0.4 is 5.48 Å². The van der Waals surface area contributed by atoms with Crippen LogP contribution in [0.3, 0.4) is 0 Å². The zero-order valence-corrected chi connectivity index (χ0v) is 6.41. The summed E-state index contributed by atoms with van der Waals surface area (Å²) >= 11 is 0. The molecular weight excluding hydrogens is 138 g/mol. The van der Waals surface area contributed by atoms with E-state index in [1.807, 2.05) is 43.3 Å². The Morgan fingerprint density at radius 3 is 2.36 bits per heavy atom. The maximum Gasteiger partial charge on any atom is 0.0602 e. The summed E-state index contributed by atoms with van der Waals surface area (Å²) in [6.45, 7) is 1.97. The summed E-state index contributed by atoms with van der Waals surface area (Å²) in [5.41, 5.74) is 3.91. The summed E-state index contributed by atoms with van der Waals surface area (Å²) in [7, 11) is 0. The second-order valence-electron chi connectivity index (χ2n) is 2.23. The molecule has 0 saturated carbocycles. The van der Waals surface area contributed by atoms with Gasteiger partial charge in [0, 0.05) is 0 Å². The van der Waals surface area contributed by atoms with Crippen molar-refractivity contribution >= 4 is 11.8 Å². The van der Waals surface area contributed by atoms with Crippen LogP contribution in [-0.2, 0) is 0 Å². The van der Waals surface area contributed by atoms with Crippen LogP contribution in [0.5, 0.6) is 0 Å². The molecule has 0 atom stereocenters. The number of nitrogens with one attached hydrogen (secondary N) is 1. The first-order valence-electron chi connectivity index (χ1n) is 3.49. The van der Waals surface area contributed by atoms with Crippen molar-refractivity contribution in [2.75, 3.05) is 5.48 Å². The van der Waals surface area contributed by atoms with E-state index in [-0.39, 0.29) is 0 Å². The highest BCUT2D eigenvalue weighted by atomic mass is 16.5. The van der Waals surface area contributed by atoms with Crippen molar-refractivity contribution in [2.24, 2.45) is 0 Å². The number of rotatable bonds is 2. The van der Waals surface area contributed by atoms with Crippen LogP contribution in [0.4, 0.5) is 5.69 Å². The summed E-state index contributed by atoms with van der Waals surface area (Å²) < 4.78 is 0. The van der Waals surface area contributed by atoms with Gasteiger partial charge in [-0.25, -0.2) is 0 Å². The van der Waals surface area contributed by atoms with Gasteiger partial charge in [-0.2, -0.15) is 0 Å². The van der Waals surface area contributed by atoms with E-state index in [4.69, 9.17) is 5.21 Å². The third kappa shape index (κ3) is 2.09. The van der Waals surface area contributed by atoms with E-state index in [9.17, 15) is 0 Å². The van der Waals surface area contributed by atoms with Crippen LogP contribution in [0.1, 0.15) is 12.5 Å². The molecule has 0 radical (unpaired) electrons. The second-order valence-corrected chi connectivity index (χ2v) is 2.23. The normalized spacial score (nSPS) is 10.4. The largest absolute Gasteiger partial charge is 0.291 e. The topological polar surface area (TPSA) is 32.3 Å². The van der Waals surface area contributed by atoms with Gasteiger partial charge in [0.25, 0.3) is 0 Å². The molecule has 0 aliphatic heterocycles. The van der Waals surface area contributed by atoms with Gasteiger partial charge in [-0.1, -0.05) is 24.3 Å². The van der Waals surface area contributed by atoms with E-state index in [2.05, 4.69) is 5.48 Å². The van der Waals surface area contributed by atoms with Crippen LogP contribution in [-0.4, -0.2) is 5.21 Å². The van der Waals surface area contributed by atoms with Crippen molar-refractivity contribution in [1.29, 1.82) is 0 Å². The van der Waals surface area contributed by atoms with Crippen LogP contribution in [0.15, 0.2) is 30.3 Å². The van der Waals surface area contributed by atoms with Gasteiger partial charge in [0.1, 0.15) is 0 Å². The Balaban J connectivity index is 2.82. The van der Waals surface area contributed by atoms with Gasteiger partial charge in [-0.3, -0.25) is 10.7 Å². The first kappa shape index (κ1) is 7.82. The Morgan fingerprint density at radius 2 is 1.91 bits per heavy atom. The zero-order chi connectivity index (χ0) is 8.10. The highest BCUT2D eigenvalue weighted by Gasteiger charge is 1.87. The highest BCUT2D eigenvalue weighted by Crippen LogP contribution is 2.09. The quantitative estimate of drug-likeness (QED) is 0.633. The van der Waals surface area contributed by atoms with Gasteiger partial charge < -0.3 is 0 Å². The average Bonchev–Trinajstić information content (AvgIpc) is 2.07. The summed E-state index contributed by atoms with van der Waals surface area (Å²) in [5.74, 6) is 0. The molecule has 0 aliphatic rings. The molecule has 0 aliphatic carbocycles. The molecule has 0 aromatic heterocycles. The van der Waals surface area contributed by atoms with Crippen LogP contribution in [0, 0.1) is 0 Å². The average molecular weight is 149 g/mol. The lowest BCUT2D eigenvalue weighted by Crippen LogP contribution is -1.87. The Morgan fingerprint density at radius 1 is 1.27 bits per heavy atom. The highest BCUT2D eigenvalue weighted by molar-refractivity contribution is 5.53. The molecule has 0 saturated heterocycles. The molecule has 0 amide bonds. The van der Waals surface area contributed by atoms with E-state index in [1.165, 1.54) is 0 Å². The molecule has 0 unspecified atom stereocenters. The molecule has 58 valence electrons. The van der Waals surface area contributed by atoms with Crippen molar-refractivity contribution < 1.29 is 5.21 Å². The summed E-state index contributed by atoms with van der Waals surface area (Å²) in [4.78, 5) is 0. The van der Waals surface area contributed by atoms with Crippen molar-refractivity contribution in [3.63, 3.8) is 0 Å². The molecule has 1 aromatic carbocycles. The maximum atomic E-state index is 8.49. The molecule has 2 heteroatoms. The summed E-state index contributed by atoms with van der Waals surface area (Å²) in [6.07, 6.45) is 3.97. The minimum absolute atomic E-state index is 0.707. The number of benzene rings is 1. The Kier molecular flexibility index (Phi) is 2.69. The van der Waals surface area contributed by atoms with Crippen molar-refractivity contribution in [2.45, 2.75) is 6.92 Å². The van der Waals surface area contributed by atoms with Crippen molar-refractivity contribution in [3.05, 3.63) is 35.9 Å². The van der Waals surface area contributed by atoms with Gasteiger partial charge >= 0.3 is 0 Å². The lowest BCUT2D eigenvalue weighted by atomic mass is 10.2. The van der Waals surface area contributed by atoms with E-state index in [0.717, 1.165) is 5.56 Å². The predicted molar refractivity (Wildman–Crippen MR) is 46.6 cm³/mol. The van der Waals surface area contributed by atoms with Gasteiger partial charge in [0.2, 0.25) is 0 Å². The molecule has 2 N–H and O–H groups in total. The number of anilines is 1. The molecule has 0 heterocycles. The molecule has 1 rings (SSSR count). The molecule has 0 fully saturated rings. The van der Waals surface area contributed by atoms with Gasteiger partial charge in [-0.05, 0) is 24.6 Å². The fourth-order valence-electron chi connectivity index (χ4n) is 0.861. The number of hydrogen-bond acceptors (Lipinski definition) is 2. The number of hydrogen-bond donors (Lipinski definition) is 2. The molecule has 2 nitrogen and oxygen atoms in total.